The fourth-order valence-electron chi connectivity index (χ4n) is 0.265. The maximum absolute atomic E-state index is 8.93. The smallest absolute Gasteiger partial charge is 0.543 e. The Bertz CT molecular complexity index is 573. The van der Waals surface area contributed by atoms with Gasteiger partial charge in [0, 0.05) is 0 Å². The Morgan fingerprint density at radius 3 is 0.680 bits per heavy atom. The summed E-state index contributed by atoms with van der Waals surface area (Å²) >= 11 is 0. The van der Waals surface area contributed by atoms with E-state index in [0.29, 0.717) is 0 Å². The number of hydrogen-bond acceptors (Lipinski definition) is 10. The Morgan fingerprint density at radius 1 is 0.560 bits per heavy atom. The molecule has 132 valence electrons. The van der Waals surface area contributed by atoms with Crippen LogP contribution in [0.3, 0.4) is 0 Å². The van der Waals surface area contributed by atoms with Gasteiger partial charge in [-0.05, 0) is 0 Å². The molecule has 16 N–H and O–H groups in total. The van der Waals surface area contributed by atoms with Crippen LogP contribution >= 0.6 is 0 Å². The summed E-state index contributed by atoms with van der Waals surface area (Å²) in [5, 5.41) is 69.3. The van der Waals surface area contributed by atoms with E-state index in [0.717, 1.165) is 29.8 Å². The number of aliphatic carboxylic acids is 2. The van der Waals surface area contributed by atoms with Gasteiger partial charge in [0.25, 0.3) is 0 Å². The Balaban J connectivity index is -0.0000000358. The predicted octanol–water partition coefficient (Wildman–Crippen LogP) is -7.90. The molecular formula is C8H16FeK2N10O4. The van der Waals surface area contributed by atoms with Crippen LogP contribution in [0, 0.1) is 61.4 Å². The first-order valence-electron chi connectivity index (χ1n) is 3.47. The number of nitriles is 6. The van der Waals surface area contributed by atoms with Crippen LogP contribution in [0.1, 0.15) is 0 Å². The number of quaternary nitrogens is 4. The molecule has 0 unspecified atom stereocenters. The third kappa shape index (κ3) is 9.69. The number of nitrogens with zero attached hydrogens (tertiary/aromatic N) is 6. The zero-order chi connectivity index (χ0) is 15.8. The van der Waals surface area contributed by atoms with E-state index in [1.807, 2.05) is 0 Å². The van der Waals surface area contributed by atoms with Gasteiger partial charge in [0.05, 0.1) is 11.9 Å². The van der Waals surface area contributed by atoms with Crippen molar-refractivity contribution in [3.05, 3.63) is 0 Å². The van der Waals surface area contributed by atoms with Crippen molar-refractivity contribution in [2.24, 2.45) is 0 Å². The minimum absolute atomic E-state index is 0. The van der Waals surface area contributed by atoms with Gasteiger partial charge in [-0.1, -0.05) is 0 Å². The molecule has 0 aliphatic carbocycles. The van der Waals surface area contributed by atoms with Crippen molar-refractivity contribution < 1.29 is 133 Å². The third-order valence-electron chi connectivity index (χ3n) is 1.35. The summed E-state index contributed by atoms with van der Waals surface area (Å²) in [7, 11) is -6.17. The third-order valence-corrected chi connectivity index (χ3v) is 5.06. The van der Waals surface area contributed by atoms with Crippen LogP contribution < -0.4 is 138 Å². The van der Waals surface area contributed by atoms with Gasteiger partial charge in [0.15, 0.2) is 0 Å². The Labute approximate surface area is 227 Å². The van der Waals surface area contributed by atoms with Gasteiger partial charge in [-0.25, -0.2) is 0 Å². The minimum atomic E-state index is -6.17. The summed E-state index contributed by atoms with van der Waals surface area (Å²) in [4.78, 5) is 24.0. The Morgan fingerprint density at radius 2 is 0.680 bits per heavy atom. The fourth-order valence-corrected chi connectivity index (χ4v) is 1.09. The number of carboxylic acids is 2. The molecule has 0 rings (SSSR count). The molecule has 0 saturated heterocycles. The van der Waals surface area contributed by atoms with Gasteiger partial charge in [0.1, 0.15) is 0 Å². The van der Waals surface area contributed by atoms with Gasteiger partial charge in [0.2, 0.25) is 0 Å². The van der Waals surface area contributed by atoms with Crippen molar-refractivity contribution in [3.63, 3.8) is 0 Å². The maximum atomic E-state index is 8.93. The first kappa shape index (κ1) is 49.7. The van der Waals surface area contributed by atoms with Crippen LogP contribution in [0.15, 0.2) is 0 Å². The topological polar surface area (TPSA) is 369 Å². The van der Waals surface area contributed by atoms with Crippen LogP contribution in [0.25, 0.3) is 0 Å². The zero-order valence-corrected chi connectivity index (χ0v) is 22.0. The molecule has 0 bridgehead atoms. The van der Waals surface area contributed by atoms with E-state index in [-0.39, 0.29) is 127 Å². The normalized spacial score (nSPS) is 8.72. The largest absolute Gasteiger partial charge is 1.00 e. The standard InChI is InChI=1S/C2H2O4.6CN.Fe.2K.4H3N/c3-1(4)2(5)6;6*1-2;;;;;;;/h(H,3,4)(H,5,6);;;;;;;;;;4*1H3/q;;;;;;;-4;2*+1;;;;/p+2. The summed E-state index contributed by atoms with van der Waals surface area (Å²) in [5.41, 5.74) is 0. The molecule has 0 aromatic rings. The monoisotopic (exact) mass is 450 g/mol. The molecule has 0 amide bonds. The van der Waals surface area contributed by atoms with E-state index in [2.05, 4.69) is 0 Å². The number of rotatable bonds is 0. The molecule has 0 atom stereocenters. The maximum Gasteiger partial charge on any atom is 1.00 e. The van der Waals surface area contributed by atoms with Gasteiger partial charge in [-0.2, -0.15) is 0 Å². The second kappa shape index (κ2) is 17.0. The predicted molar refractivity (Wildman–Crippen MR) is 67.6 cm³/mol. The average molecular weight is 450 g/mol. The number of hydrogen-bond donors (Lipinski definition) is 4. The molecule has 0 radical (unpaired) electrons. The molecule has 0 fully saturated rings. The Kier molecular flexibility index (Phi) is 33.7. The van der Waals surface area contributed by atoms with Crippen LogP contribution in [0.2, 0.25) is 0 Å². The summed E-state index contributed by atoms with van der Waals surface area (Å²) in [5.74, 6) is -4.37. The van der Waals surface area contributed by atoms with E-state index in [9.17, 15) is 0 Å². The number of carbonyl (C=O) groups is 2. The number of carbonyl (C=O) groups excluding carboxylic acids is 2. The van der Waals surface area contributed by atoms with Crippen molar-refractivity contribution in [1.29, 1.82) is 31.6 Å². The first-order chi connectivity index (χ1) is 8.62. The van der Waals surface area contributed by atoms with Crippen molar-refractivity contribution in [2.45, 2.75) is 0 Å². The average Bonchev–Trinajstić information content (AvgIpc) is 2.46. The summed E-state index contributed by atoms with van der Waals surface area (Å²) in [6.45, 7) is 0. The molecular weight excluding hydrogens is 434 g/mol. The molecule has 0 spiro atoms. The van der Waals surface area contributed by atoms with Crippen LogP contribution in [0.4, 0.5) is 0 Å². The van der Waals surface area contributed by atoms with Crippen LogP contribution in [0.5, 0.6) is 0 Å². The van der Waals surface area contributed by atoms with E-state index in [1.165, 1.54) is 0 Å². The van der Waals surface area contributed by atoms with Gasteiger partial charge >= 0.3 is 175 Å². The minimum Gasteiger partial charge on any atom is -0.543 e. The second-order valence-corrected chi connectivity index (χ2v) is 8.00. The first-order valence-corrected chi connectivity index (χ1v) is 6.78. The van der Waals surface area contributed by atoms with E-state index in [1.54, 1.807) is 0 Å². The van der Waals surface area contributed by atoms with Crippen molar-refractivity contribution in [2.75, 3.05) is 0 Å². The molecule has 0 saturated carbocycles. The van der Waals surface area contributed by atoms with Crippen LogP contribution in [-0.2, 0) is 20.3 Å². The molecule has 0 aromatic carbocycles. The van der Waals surface area contributed by atoms with Gasteiger partial charge in [-0.3, -0.25) is 0 Å². The number of carboxylic acid groups (broad SMARTS) is 2. The van der Waals surface area contributed by atoms with Crippen molar-refractivity contribution >= 4 is 11.9 Å². The van der Waals surface area contributed by atoms with Gasteiger partial charge in [-0.15, -0.1) is 0 Å². The van der Waals surface area contributed by atoms with Crippen molar-refractivity contribution in [1.82, 2.24) is 24.6 Å². The summed E-state index contributed by atoms with van der Waals surface area (Å²) < 4.78 is 0. The van der Waals surface area contributed by atoms with E-state index >= 15 is 0 Å². The zero-order valence-electron chi connectivity index (χ0n) is 14.7. The van der Waals surface area contributed by atoms with Crippen LogP contribution in [-0.4, -0.2) is 11.9 Å². The molecule has 17 heteroatoms. The van der Waals surface area contributed by atoms with E-state index in [4.69, 9.17) is 51.4 Å². The summed E-state index contributed by atoms with van der Waals surface area (Å²) in [6, 6.07) is 0. The Hall–Kier alpha value is -0.488. The SMILES string of the molecule is N#[C][Fe-4]([C]#N)([C]#N)([C]#N)([C]#N)[C]#N.O=C([O-])C(=O)[O-].[K+].[K+].[NH4+].[NH4+].[NH4+].[NH4+]. The molecule has 0 aromatic heterocycles. The molecule has 0 heterocycles. The van der Waals surface area contributed by atoms with E-state index < -0.39 is 22.7 Å². The quantitative estimate of drug-likeness (QED) is 0.199. The van der Waals surface area contributed by atoms with Gasteiger partial charge < -0.3 is 44.4 Å². The molecule has 0 aliphatic rings. The molecule has 14 nitrogen and oxygen atoms in total. The molecule has 25 heavy (non-hydrogen) atoms. The fraction of sp³-hybridized carbons (Fsp3) is 0. The second-order valence-electron chi connectivity index (χ2n) is 2.38. The van der Waals surface area contributed by atoms with Crippen molar-refractivity contribution in [3.8, 4) is 29.8 Å². The molecule has 0 aliphatic heterocycles. The summed E-state index contributed by atoms with van der Waals surface area (Å²) in [6.07, 6.45) is 0.